The number of aryl methyl sites for hydroxylation is 1. The third kappa shape index (κ3) is 4.42. The molecule has 24 heavy (non-hydrogen) atoms. The second-order valence-corrected chi connectivity index (χ2v) is 6.98. The normalized spacial score (nSPS) is 10.7. The largest absolute Gasteiger partial charge is 0.355 e. The maximum absolute atomic E-state index is 12.0. The molecule has 0 bridgehead atoms. The van der Waals surface area contributed by atoms with Crippen molar-refractivity contribution in [2.24, 2.45) is 7.05 Å². The summed E-state index contributed by atoms with van der Waals surface area (Å²) in [5, 5.41) is 6.61. The van der Waals surface area contributed by atoms with Gasteiger partial charge in [0.25, 0.3) is 0 Å². The number of nitrogens with one attached hydrogen (secondary N) is 1. The predicted molar refractivity (Wildman–Crippen MR) is 96.0 cm³/mol. The van der Waals surface area contributed by atoms with E-state index < -0.39 is 0 Å². The summed E-state index contributed by atoms with van der Waals surface area (Å²) >= 11 is 3.12. The third-order valence-corrected chi connectivity index (χ3v) is 5.18. The molecule has 0 fully saturated rings. The Hall–Kier alpha value is -2.19. The molecule has 0 aromatic carbocycles. The van der Waals surface area contributed by atoms with Crippen LogP contribution < -0.4 is 5.32 Å². The Morgan fingerprint density at radius 3 is 3.00 bits per heavy atom. The highest BCUT2D eigenvalue weighted by Crippen LogP contribution is 2.21. The number of aromatic nitrogens is 4. The molecule has 0 saturated carbocycles. The zero-order valence-corrected chi connectivity index (χ0v) is 14.8. The van der Waals surface area contributed by atoms with Crippen molar-refractivity contribution < 1.29 is 4.79 Å². The van der Waals surface area contributed by atoms with E-state index in [-0.39, 0.29) is 12.3 Å². The van der Waals surface area contributed by atoms with Crippen LogP contribution in [0.25, 0.3) is 10.7 Å². The average molecular weight is 359 g/mol. The zero-order chi connectivity index (χ0) is 16.8. The van der Waals surface area contributed by atoms with Crippen LogP contribution in [0, 0.1) is 0 Å². The van der Waals surface area contributed by atoms with E-state index in [1.165, 1.54) is 11.3 Å². The fourth-order valence-electron chi connectivity index (χ4n) is 2.05. The molecule has 3 rings (SSSR count). The topological polar surface area (TPSA) is 72.7 Å². The Bertz CT molecular complexity index is 800. The van der Waals surface area contributed by atoms with Crippen molar-refractivity contribution in [3.63, 3.8) is 0 Å². The standard InChI is InChI=1S/C16H17N5OS2/c1-21-8-6-19-16(21)23-9-7-18-14(22)10-12-11-24-15(20-12)13-4-2-3-5-17-13/h2-6,8,11H,7,9-10H2,1H3,(H,18,22). The predicted octanol–water partition coefficient (Wildman–Crippen LogP) is 2.39. The van der Waals surface area contributed by atoms with Crippen molar-refractivity contribution in [3.8, 4) is 10.7 Å². The van der Waals surface area contributed by atoms with E-state index in [0.29, 0.717) is 6.54 Å². The van der Waals surface area contributed by atoms with Gasteiger partial charge in [-0.3, -0.25) is 9.78 Å². The lowest BCUT2D eigenvalue weighted by Crippen LogP contribution is -2.27. The number of pyridine rings is 1. The Balaban J connectivity index is 1.44. The fourth-order valence-corrected chi connectivity index (χ4v) is 3.63. The van der Waals surface area contributed by atoms with E-state index in [1.807, 2.05) is 41.4 Å². The van der Waals surface area contributed by atoms with Gasteiger partial charge in [-0.15, -0.1) is 11.3 Å². The first-order valence-corrected chi connectivity index (χ1v) is 9.31. The lowest BCUT2D eigenvalue weighted by Gasteiger charge is -2.04. The maximum Gasteiger partial charge on any atom is 0.226 e. The summed E-state index contributed by atoms with van der Waals surface area (Å²) in [6, 6.07) is 5.71. The molecule has 8 heteroatoms. The molecule has 0 spiro atoms. The first-order valence-electron chi connectivity index (χ1n) is 7.45. The number of thioether (sulfide) groups is 1. The van der Waals surface area contributed by atoms with Crippen molar-refractivity contribution in [2.45, 2.75) is 11.6 Å². The SMILES string of the molecule is Cn1ccnc1SCCNC(=O)Cc1csc(-c2ccccn2)n1. The number of nitrogens with zero attached hydrogens (tertiary/aromatic N) is 4. The molecule has 3 heterocycles. The van der Waals surface area contributed by atoms with Gasteiger partial charge in [0.2, 0.25) is 5.91 Å². The van der Waals surface area contributed by atoms with Gasteiger partial charge in [0.1, 0.15) is 5.01 Å². The van der Waals surface area contributed by atoms with Crippen LogP contribution in [0.15, 0.2) is 47.3 Å². The summed E-state index contributed by atoms with van der Waals surface area (Å²) < 4.78 is 1.96. The highest BCUT2D eigenvalue weighted by atomic mass is 32.2. The van der Waals surface area contributed by atoms with Gasteiger partial charge in [-0.05, 0) is 12.1 Å². The highest BCUT2D eigenvalue weighted by molar-refractivity contribution is 7.99. The van der Waals surface area contributed by atoms with Crippen LogP contribution in [0.2, 0.25) is 0 Å². The number of imidazole rings is 1. The van der Waals surface area contributed by atoms with E-state index in [2.05, 4.69) is 20.3 Å². The Labute approximate surface area is 148 Å². The first-order chi connectivity index (χ1) is 11.7. The second-order valence-electron chi connectivity index (χ2n) is 5.05. The number of rotatable bonds is 7. The molecule has 0 unspecified atom stereocenters. The molecule has 1 N–H and O–H groups in total. The van der Waals surface area contributed by atoms with E-state index in [1.54, 1.807) is 24.2 Å². The molecule has 6 nitrogen and oxygen atoms in total. The fraction of sp³-hybridized carbons (Fsp3) is 0.250. The summed E-state index contributed by atoms with van der Waals surface area (Å²) in [5.74, 6) is 0.764. The van der Waals surface area contributed by atoms with Gasteiger partial charge >= 0.3 is 0 Å². The Kier molecular flexibility index (Phi) is 5.60. The van der Waals surface area contributed by atoms with Crippen LogP contribution in [0.1, 0.15) is 5.69 Å². The summed E-state index contributed by atoms with van der Waals surface area (Å²) in [7, 11) is 1.95. The van der Waals surface area contributed by atoms with Crippen LogP contribution in [-0.2, 0) is 18.3 Å². The zero-order valence-electron chi connectivity index (χ0n) is 13.2. The molecular formula is C16H17N5OS2. The molecule has 0 aliphatic carbocycles. The molecule has 0 aliphatic heterocycles. The van der Waals surface area contributed by atoms with Gasteiger partial charge in [0.15, 0.2) is 5.16 Å². The monoisotopic (exact) mass is 359 g/mol. The Morgan fingerprint density at radius 1 is 1.33 bits per heavy atom. The first kappa shape index (κ1) is 16.7. The van der Waals surface area contributed by atoms with Gasteiger partial charge in [-0.1, -0.05) is 17.8 Å². The number of hydrogen-bond acceptors (Lipinski definition) is 6. The van der Waals surface area contributed by atoms with E-state index >= 15 is 0 Å². The van der Waals surface area contributed by atoms with E-state index in [9.17, 15) is 4.79 Å². The summed E-state index contributed by atoms with van der Waals surface area (Å²) in [6.45, 7) is 0.605. The van der Waals surface area contributed by atoms with Gasteiger partial charge in [-0.2, -0.15) is 0 Å². The lowest BCUT2D eigenvalue weighted by atomic mass is 10.3. The number of hydrogen-bond donors (Lipinski definition) is 1. The molecule has 1 amide bonds. The molecule has 3 aromatic heterocycles. The number of carbonyl (C=O) groups excluding carboxylic acids is 1. The smallest absolute Gasteiger partial charge is 0.226 e. The van der Waals surface area contributed by atoms with E-state index in [4.69, 9.17) is 0 Å². The summed E-state index contributed by atoms with van der Waals surface area (Å²) in [5.41, 5.74) is 1.61. The van der Waals surface area contributed by atoms with Crippen molar-refractivity contribution in [1.29, 1.82) is 0 Å². The molecule has 0 radical (unpaired) electrons. The minimum atomic E-state index is -0.0201. The average Bonchev–Trinajstić information content (AvgIpc) is 3.22. The van der Waals surface area contributed by atoms with Crippen molar-refractivity contribution in [3.05, 3.63) is 47.9 Å². The number of thiazole rings is 1. The molecule has 124 valence electrons. The molecule has 0 atom stereocenters. The van der Waals surface area contributed by atoms with Gasteiger partial charge in [0.05, 0.1) is 17.8 Å². The lowest BCUT2D eigenvalue weighted by molar-refractivity contribution is -0.120. The van der Waals surface area contributed by atoms with Crippen LogP contribution in [-0.4, -0.2) is 37.7 Å². The quantitative estimate of drug-likeness (QED) is 0.518. The molecule has 3 aromatic rings. The number of amides is 1. The van der Waals surface area contributed by atoms with Gasteiger partial charge in [-0.25, -0.2) is 9.97 Å². The second kappa shape index (κ2) is 8.07. The Morgan fingerprint density at radius 2 is 2.25 bits per heavy atom. The van der Waals surface area contributed by atoms with E-state index in [0.717, 1.165) is 27.3 Å². The van der Waals surface area contributed by atoms with Crippen LogP contribution in [0.4, 0.5) is 0 Å². The third-order valence-electron chi connectivity index (χ3n) is 3.21. The molecule has 0 saturated heterocycles. The number of carbonyl (C=O) groups is 1. The van der Waals surface area contributed by atoms with Crippen LogP contribution >= 0.6 is 23.1 Å². The minimum absolute atomic E-state index is 0.0201. The summed E-state index contributed by atoms with van der Waals surface area (Å²) in [4.78, 5) is 25.0. The van der Waals surface area contributed by atoms with Gasteiger partial charge in [0, 0.05) is 43.3 Å². The van der Waals surface area contributed by atoms with Crippen molar-refractivity contribution in [1.82, 2.24) is 24.8 Å². The summed E-state index contributed by atoms with van der Waals surface area (Å²) in [6.07, 6.45) is 5.70. The van der Waals surface area contributed by atoms with Crippen LogP contribution in [0.3, 0.4) is 0 Å². The van der Waals surface area contributed by atoms with Crippen molar-refractivity contribution in [2.75, 3.05) is 12.3 Å². The van der Waals surface area contributed by atoms with Crippen molar-refractivity contribution >= 4 is 29.0 Å². The van der Waals surface area contributed by atoms with Gasteiger partial charge < -0.3 is 9.88 Å². The molecular weight excluding hydrogens is 342 g/mol. The van der Waals surface area contributed by atoms with Crippen LogP contribution in [0.5, 0.6) is 0 Å². The minimum Gasteiger partial charge on any atom is -0.355 e. The highest BCUT2D eigenvalue weighted by Gasteiger charge is 2.09. The molecule has 0 aliphatic rings. The maximum atomic E-state index is 12.0.